The molecule has 1 aromatic rings. The molecule has 1 fully saturated rings. The molecule has 1 heterocycles. The second kappa shape index (κ2) is 6.42. The normalized spacial score (nSPS) is 18.3. The molecule has 18 heavy (non-hydrogen) atoms. The summed E-state index contributed by atoms with van der Waals surface area (Å²) >= 11 is 0. The lowest BCUT2D eigenvalue weighted by Gasteiger charge is -2.24. The molecule has 1 aliphatic carbocycles. The molecule has 3 N–H and O–H groups in total. The highest BCUT2D eigenvalue weighted by Crippen LogP contribution is 2.17. The van der Waals surface area contributed by atoms with E-state index in [0.29, 0.717) is 6.04 Å². The number of hydrogen-bond donors (Lipinski definition) is 3. The summed E-state index contributed by atoms with van der Waals surface area (Å²) in [5.41, 5.74) is 0. The largest absolute Gasteiger partial charge is 0.347 e. The van der Waals surface area contributed by atoms with Gasteiger partial charge < -0.3 is 15.6 Å². The fourth-order valence-corrected chi connectivity index (χ4v) is 2.46. The maximum Gasteiger partial charge on any atom is 0.315 e. The third-order valence-corrected chi connectivity index (χ3v) is 3.50. The van der Waals surface area contributed by atoms with Crippen LogP contribution in [0, 0.1) is 0 Å². The Hall–Kier alpha value is -1.52. The summed E-state index contributed by atoms with van der Waals surface area (Å²) < 4.78 is 0. The summed E-state index contributed by atoms with van der Waals surface area (Å²) in [6.45, 7) is 2.04. The fraction of sp³-hybridized carbons (Fsp3) is 0.692. The van der Waals surface area contributed by atoms with Crippen LogP contribution >= 0.6 is 0 Å². The highest BCUT2D eigenvalue weighted by atomic mass is 16.2. The first kappa shape index (κ1) is 12.9. The molecule has 5 heteroatoms. The predicted octanol–water partition coefficient (Wildman–Crippen LogP) is 2.49. The SMILES string of the molecule is CCC(NC(=O)NC1CCCCC1)c1ncc[nH]1. The molecule has 1 saturated carbocycles. The van der Waals surface area contributed by atoms with Gasteiger partial charge in [-0.2, -0.15) is 0 Å². The summed E-state index contributed by atoms with van der Waals surface area (Å²) in [7, 11) is 0. The van der Waals surface area contributed by atoms with E-state index >= 15 is 0 Å². The highest BCUT2D eigenvalue weighted by Gasteiger charge is 2.18. The molecular formula is C13H22N4O. The lowest BCUT2D eigenvalue weighted by atomic mass is 9.96. The molecule has 5 nitrogen and oxygen atoms in total. The van der Waals surface area contributed by atoms with Crippen molar-refractivity contribution >= 4 is 6.03 Å². The van der Waals surface area contributed by atoms with Crippen molar-refractivity contribution in [3.05, 3.63) is 18.2 Å². The number of imidazole rings is 1. The van der Waals surface area contributed by atoms with E-state index in [9.17, 15) is 4.79 Å². The zero-order valence-electron chi connectivity index (χ0n) is 10.9. The molecule has 100 valence electrons. The molecule has 0 saturated heterocycles. The molecule has 2 rings (SSSR count). The van der Waals surface area contributed by atoms with E-state index in [2.05, 4.69) is 20.6 Å². The third kappa shape index (κ3) is 3.48. The number of nitrogens with zero attached hydrogens (tertiary/aromatic N) is 1. The van der Waals surface area contributed by atoms with Crippen molar-refractivity contribution in [2.75, 3.05) is 0 Å². The maximum absolute atomic E-state index is 11.9. The summed E-state index contributed by atoms with van der Waals surface area (Å²) in [6, 6.07) is 0.224. The van der Waals surface area contributed by atoms with E-state index < -0.39 is 0 Å². The first-order valence-corrected chi connectivity index (χ1v) is 6.86. The fourth-order valence-electron chi connectivity index (χ4n) is 2.46. The molecule has 0 radical (unpaired) electrons. The number of rotatable bonds is 4. The molecule has 0 aliphatic heterocycles. The Kier molecular flexibility index (Phi) is 4.61. The van der Waals surface area contributed by atoms with Crippen molar-refractivity contribution in [3.8, 4) is 0 Å². The van der Waals surface area contributed by atoms with Gasteiger partial charge in [0.2, 0.25) is 0 Å². The van der Waals surface area contributed by atoms with Gasteiger partial charge in [0, 0.05) is 18.4 Å². The van der Waals surface area contributed by atoms with Gasteiger partial charge in [0.05, 0.1) is 6.04 Å². The van der Waals surface area contributed by atoms with Crippen molar-refractivity contribution in [3.63, 3.8) is 0 Å². The van der Waals surface area contributed by atoms with Crippen LogP contribution in [0.5, 0.6) is 0 Å². The van der Waals surface area contributed by atoms with E-state index in [1.807, 2.05) is 6.92 Å². The van der Waals surface area contributed by atoms with Crippen LogP contribution in [0.1, 0.15) is 57.3 Å². The minimum absolute atomic E-state index is 0.0383. The molecule has 1 aromatic heterocycles. The van der Waals surface area contributed by atoms with Crippen molar-refractivity contribution < 1.29 is 4.79 Å². The van der Waals surface area contributed by atoms with Gasteiger partial charge in [0.25, 0.3) is 0 Å². The number of carbonyl (C=O) groups excluding carboxylic acids is 1. The van der Waals surface area contributed by atoms with Gasteiger partial charge in [-0.3, -0.25) is 0 Å². The van der Waals surface area contributed by atoms with Crippen LogP contribution in [0.15, 0.2) is 12.4 Å². The minimum Gasteiger partial charge on any atom is -0.347 e. The van der Waals surface area contributed by atoms with Crippen molar-refractivity contribution in [2.24, 2.45) is 0 Å². The summed E-state index contributed by atoms with van der Waals surface area (Å²) in [4.78, 5) is 19.1. The van der Waals surface area contributed by atoms with Gasteiger partial charge in [-0.25, -0.2) is 9.78 Å². The number of nitrogens with one attached hydrogen (secondary N) is 3. The summed E-state index contributed by atoms with van der Waals surface area (Å²) in [6.07, 6.45) is 10.3. The van der Waals surface area contributed by atoms with Crippen LogP contribution in [-0.4, -0.2) is 22.0 Å². The Labute approximate surface area is 108 Å². The predicted molar refractivity (Wildman–Crippen MR) is 70.2 cm³/mol. The van der Waals surface area contributed by atoms with Gasteiger partial charge in [-0.05, 0) is 19.3 Å². The lowest BCUT2D eigenvalue weighted by molar-refractivity contribution is 0.228. The molecule has 2 amide bonds. The van der Waals surface area contributed by atoms with E-state index in [0.717, 1.165) is 25.1 Å². The van der Waals surface area contributed by atoms with E-state index in [-0.39, 0.29) is 12.1 Å². The number of carbonyl (C=O) groups is 1. The Morgan fingerprint density at radius 1 is 1.50 bits per heavy atom. The average molecular weight is 250 g/mol. The number of amides is 2. The highest BCUT2D eigenvalue weighted by molar-refractivity contribution is 5.74. The minimum atomic E-state index is -0.0786. The van der Waals surface area contributed by atoms with Gasteiger partial charge in [0.15, 0.2) is 0 Å². The molecular weight excluding hydrogens is 228 g/mol. The smallest absolute Gasteiger partial charge is 0.315 e. The quantitative estimate of drug-likeness (QED) is 0.768. The summed E-state index contributed by atoms with van der Waals surface area (Å²) in [5.74, 6) is 0.816. The molecule has 1 atom stereocenters. The molecule has 0 spiro atoms. The monoisotopic (exact) mass is 250 g/mol. The number of H-pyrrole nitrogens is 1. The number of hydrogen-bond acceptors (Lipinski definition) is 2. The van der Waals surface area contributed by atoms with E-state index in [4.69, 9.17) is 0 Å². The van der Waals surface area contributed by atoms with Crippen LogP contribution in [0.3, 0.4) is 0 Å². The second-order valence-corrected chi connectivity index (χ2v) is 4.89. The molecule has 1 aliphatic rings. The zero-order chi connectivity index (χ0) is 12.8. The van der Waals surface area contributed by atoms with Crippen LogP contribution in [0.2, 0.25) is 0 Å². The number of urea groups is 1. The van der Waals surface area contributed by atoms with Gasteiger partial charge in [-0.15, -0.1) is 0 Å². The van der Waals surface area contributed by atoms with Gasteiger partial charge in [0.1, 0.15) is 5.82 Å². The van der Waals surface area contributed by atoms with Crippen molar-refractivity contribution in [1.82, 2.24) is 20.6 Å². The molecule has 1 unspecified atom stereocenters. The standard InChI is InChI=1S/C13H22N4O/c1-2-11(12-14-8-9-15-12)17-13(18)16-10-6-4-3-5-7-10/h8-11H,2-7H2,1H3,(H,14,15)(H2,16,17,18). The van der Waals surface area contributed by atoms with Gasteiger partial charge in [-0.1, -0.05) is 26.2 Å². The number of aromatic amines is 1. The van der Waals surface area contributed by atoms with Crippen LogP contribution in [-0.2, 0) is 0 Å². The number of aromatic nitrogens is 2. The Bertz CT molecular complexity index is 357. The van der Waals surface area contributed by atoms with Crippen LogP contribution in [0.25, 0.3) is 0 Å². The zero-order valence-corrected chi connectivity index (χ0v) is 10.9. The first-order chi connectivity index (χ1) is 8.79. The van der Waals surface area contributed by atoms with Gasteiger partial charge >= 0.3 is 6.03 Å². The van der Waals surface area contributed by atoms with Crippen LogP contribution in [0.4, 0.5) is 4.79 Å². The lowest BCUT2D eigenvalue weighted by Crippen LogP contribution is -2.44. The average Bonchev–Trinajstić information content (AvgIpc) is 2.91. The van der Waals surface area contributed by atoms with E-state index in [1.54, 1.807) is 12.4 Å². The third-order valence-electron chi connectivity index (χ3n) is 3.50. The molecule has 0 bridgehead atoms. The Balaban J connectivity index is 1.82. The van der Waals surface area contributed by atoms with Crippen molar-refractivity contribution in [2.45, 2.75) is 57.5 Å². The topological polar surface area (TPSA) is 69.8 Å². The van der Waals surface area contributed by atoms with Crippen molar-refractivity contribution in [1.29, 1.82) is 0 Å². The van der Waals surface area contributed by atoms with Crippen LogP contribution < -0.4 is 10.6 Å². The Morgan fingerprint density at radius 3 is 2.89 bits per heavy atom. The second-order valence-electron chi connectivity index (χ2n) is 4.89. The first-order valence-electron chi connectivity index (χ1n) is 6.86. The van der Waals surface area contributed by atoms with E-state index in [1.165, 1.54) is 19.3 Å². The summed E-state index contributed by atoms with van der Waals surface area (Å²) in [5, 5.41) is 6.03. The maximum atomic E-state index is 11.9. The molecule has 0 aromatic carbocycles. The Morgan fingerprint density at radius 2 is 2.28 bits per heavy atom.